The number of amides is 1. The van der Waals surface area contributed by atoms with E-state index in [0.717, 1.165) is 0 Å². The molecular formula is C16H20FNO3. The number of rotatable bonds is 4. The summed E-state index contributed by atoms with van der Waals surface area (Å²) < 4.78 is 14.1. The van der Waals surface area contributed by atoms with E-state index in [4.69, 9.17) is 0 Å². The van der Waals surface area contributed by atoms with Crippen molar-refractivity contribution in [3.63, 3.8) is 0 Å². The van der Waals surface area contributed by atoms with Gasteiger partial charge in [-0.05, 0) is 37.8 Å². The Morgan fingerprint density at radius 1 is 1.43 bits per heavy atom. The zero-order valence-electron chi connectivity index (χ0n) is 12.4. The van der Waals surface area contributed by atoms with E-state index < -0.39 is 23.2 Å². The fourth-order valence-corrected chi connectivity index (χ4v) is 3.14. The number of aliphatic carboxylic acids is 1. The van der Waals surface area contributed by atoms with Crippen LogP contribution < -0.4 is 0 Å². The maximum Gasteiger partial charge on any atom is 0.329 e. The van der Waals surface area contributed by atoms with Gasteiger partial charge in [0, 0.05) is 6.54 Å². The van der Waals surface area contributed by atoms with Crippen molar-refractivity contribution in [2.24, 2.45) is 0 Å². The number of hydrogen-bond acceptors (Lipinski definition) is 2. The molecule has 1 heterocycles. The molecule has 0 radical (unpaired) electrons. The van der Waals surface area contributed by atoms with Gasteiger partial charge >= 0.3 is 5.97 Å². The summed E-state index contributed by atoms with van der Waals surface area (Å²) >= 11 is 0. The minimum Gasteiger partial charge on any atom is -0.479 e. The highest BCUT2D eigenvalue weighted by molar-refractivity contribution is 5.98. The van der Waals surface area contributed by atoms with Gasteiger partial charge in [0.2, 0.25) is 0 Å². The fraction of sp³-hybridized carbons (Fsp3) is 0.500. The lowest BCUT2D eigenvalue weighted by Crippen LogP contribution is -2.53. The Morgan fingerprint density at radius 2 is 2.14 bits per heavy atom. The third-order valence-electron chi connectivity index (χ3n) is 4.22. The molecule has 0 aromatic heterocycles. The first-order valence-corrected chi connectivity index (χ1v) is 7.24. The van der Waals surface area contributed by atoms with Crippen LogP contribution in [-0.2, 0) is 4.79 Å². The minimum absolute atomic E-state index is 0.0429. The predicted molar refractivity (Wildman–Crippen MR) is 76.7 cm³/mol. The number of halogens is 1. The summed E-state index contributed by atoms with van der Waals surface area (Å²) in [6.07, 6.45) is 2.11. The van der Waals surface area contributed by atoms with Crippen LogP contribution in [0, 0.1) is 12.7 Å². The van der Waals surface area contributed by atoms with E-state index in [1.165, 1.54) is 11.0 Å². The van der Waals surface area contributed by atoms with E-state index in [1.807, 2.05) is 6.92 Å². The van der Waals surface area contributed by atoms with Crippen LogP contribution in [0.2, 0.25) is 0 Å². The molecule has 1 aromatic carbocycles. The van der Waals surface area contributed by atoms with Gasteiger partial charge in [-0.2, -0.15) is 0 Å². The van der Waals surface area contributed by atoms with Gasteiger partial charge < -0.3 is 10.0 Å². The number of likely N-dealkylation sites (tertiary alicyclic amines) is 1. The highest BCUT2D eigenvalue weighted by Crippen LogP contribution is 2.35. The predicted octanol–water partition coefficient (Wildman–Crippen LogP) is 2.99. The maximum absolute atomic E-state index is 14.1. The van der Waals surface area contributed by atoms with Gasteiger partial charge in [0.1, 0.15) is 11.4 Å². The molecule has 1 atom stereocenters. The Kier molecular flexibility index (Phi) is 4.30. The second-order valence-corrected chi connectivity index (χ2v) is 5.58. The molecule has 0 aliphatic carbocycles. The monoisotopic (exact) mass is 293 g/mol. The van der Waals surface area contributed by atoms with Gasteiger partial charge in [0.15, 0.2) is 0 Å². The number of nitrogens with zero attached hydrogens (tertiary/aromatic N) is 1. The minimum atomic E-state index is -1.19. The third kappa shape index (κ3) is 2.52. The molecule has 1 aliphatic heterocycles. The molecule has 21 heavy (non-hydrogen) atoms. The number of carboxylic acid groups (broad SMARTS) is 1. The number of aryl methyl sites for hydroxylation is 1. The molecule has 1 fully saturated rings. The number of carboxylic acids is 1. The molecule has 1 unspecified atom stereocenters. The molecule has 1 aliphatic rings. The van der Waals surface area contributed by atoms with Gasteiger partial charge in [-0.15, -0.1) is 0 Å². The van der Waals surface area contributed by atoms with E-state index in [0.29, 0.717) is 37.8 Å². The van der Waals surface area contributed by atoms with Gasteiger partial charge in [-0.25, -0.2) is 9.18 Å². The molecule has 2 rings (SSSR count). The summed E-state index contributed by atoms with van der Waals surface area (Å²) in [5, 5.41) is 9.60. The van der Waals surface area contributed by atoms with E-state index in [-0.39, 0.29) is 5.56 Å². The SMILES string of the molecule is CCCC1(C(=O)O)CCCN1C(=O)c1cccc(C)c1F. The van der Waals surface area contributed by atoms with Crippen molar-refractivity contribution in [1.82, 2.24) is 4.90 Å². The summed E-state index contributed by atoms with van der Waals surface area (Å²) in [5.74, 6) is -2.09. The Morgan fingerprint density at radius 3 is 2.76 bits per heavy atom. The second-order valence-electron chi connectivity index (χ2n) is 5.58. The van der Waals surface area contributed by atoms with Crippen molar-refractivity contribution in [1.29, 1.82) is 0 Å². The Labute approximate surface area is 123 Å². The lowest BCUT2D eigenvalue weighted by Gasteiger charge is -2.34. The van der Waals surface area contributed by atoms with Crippen LogP contribution >= 0.6 is 0 Å². The number of carbonyl (C=O) groups is 2. The normalized spacial score (nSPS) is 21.6. The number of hydrogen-bond donors (Lipinski definition) is 1. The maximum atomic E-state index is 14.1. The smallest absolute Gasteiger partial charge is 0.329 e. The molecule has 114 valence electrons. The molecule has 0 bridgehead atoms. The van der Waals surface area contributed by atoms with Crippen molar-refractivity contribution in [2.75, 3.05) is 6.54 Å². The van der Waals surface area contributed by atoms with Crippen LogP contribution in [0.5, 0.6) is 0 Å². The first-order valence-electron chi connectivity index (χ1n) is 7.24. The van der Waals surface area contributed by atoms with E-state index in [9.17, 15) is 19.1 Å². The summed E-state index contributed by atoms with van der Waals surface area (Å²) in [7, 11) is 0. The molecule has 4 nitrogen and oxygen atoms in total. The average Bonchev–Trinajstić information content (AvgIpc) is 2.86. The molecule has 1 saturated heterocycles. The third-order valence-corrected chi connectivity index (χ3v) is 4.22. The van der Waals surface area contributed by atoms with Crippen LogP contribution in [0.1, 0.15) is 48.5 Å². The summed E-state index contributed by atoms with van der Waals surface area (Å²) in [6.45, 7) is 3.84. The Hall–Kier alpha value is -1.91. The molecule has 1 aromatic rings. The fourth-order valence-electron chi connectivity index (χ4n) is 3.14. The second kappa shape index (κ2) is 5.84. The first kappa shape index (κ1) is 15.5. The number of carbonyl (C=O) groups excluding carboxylic acids is 1. The van der Waals surface area contributed by atoms with Crippen LogP contribution in [0.25, 0.3) is 0 Å². The highest BCUT2D eigenvalue weighted by atomic mass is 19.1. The Balaban J connectivity index is 2.41. The molecule has 0 spiro atoms. The van der Waals surface area contributed by atoms with Gasteiger partial charge in [-0.3, -0.25) is 4.79 Å². The van der Waals surface area contributed by atoms with E-state index in [2.05, 4.69) is 0 Å². The van der Waals surface area contributed by atoms with Crippen LogP contribution in [0.4, 0.5) is 4.39 Å². The van der Waals surface area contributed by atoms with Crippen LogP contribution in [-0.4, -0.2) is 34.0 Å². The van der Waals surface area contributed by atoms with E-state index in [1.54, 1.807) is 19.1 Å². The quantitative estimate of drug-likeness (QED) is 0.928. The first-order chi connectivity index (χ1) is 9.94. The summed E-state index contributed by atoms with van der Waals surface area (Å²) in [4.78, 5) is 25.7. The molecule has 5 heteroatoms. The summed E-state index contributed by atoms with van der Waals surface area (Å²) in [5.41, 5.74) is -0.850. The zero-order valence-corrected chi connectivity index (χ0v) is 12.4. The number of benzene rings is 1. The van der Waals surface area contributed by atoms with Gasteiger partial charge in [0.05, 0.1) is 5.56 Å². The lowest BCUT2D eigenvalue weighted by molar-refractivity contribution is -0.148. The van der Waals surface area contributed by atoms with Crippen LogP contribution in [0.15, 0.2) is 18.2 Å². The topological polar surface area (TPSA) is 57.6 Å². The molecule has 0 saturated carbocycles. The molecule has 1 N–H and O–H groups in total. The highest BCUT2D eigenvalue weighted by Gasteiger charge is 2.49. The van der Waals surface area contributed by atoms with Gasteiger partial charge in [-0.1, -0.05) is 25.5 Å². The molecule has 1 amide bonds. The van der Waals surface area contributed by atoms with Crippen molar-refractivity contribution >= 4 is 11.9 Å². The largest absolute Gasteiger partial charge is 0.479 e. The summed E-state index contributed by atoms with van der Waals surface area (Å²) in [6, 6.07) is 4.62. The lowest BCUT2D eigenvalue weighted by atomic mass is 9.90. The van der Waals surface area contributed by atoms with Crippen molar-refractivity contribution in [2.45, 2.75) is 45.1 Å². The Bertz CT molecular complexity index is 573. The average molecular weight is 293 g/mol. The van der Waals surface area contributed by atoms with Crippen molar-refractivity contribution in [3.05, 3.63) is 35.1 Å². The molecular weight excluding hydrogens is 273 g/mol. The van der Waals surface area contributed by atoms with Crippen LogP contribution in [0.3, 0.4) is 0 Å². The standard InChI is InChI=1S/C16H20FNO3/c1-3-8-16(15(20)21)9-5-10-18(16)14(19)12-7-4-6-11(2)13(12)17/h4,6-7H,3,5,8-10H2,1-2H3,(H,20,21). The van der Waals surface area contributed by atoms with Crippen molar-refractivity contribution < 1.29 is 19.1 Å². The van der Waals surface area contributed by atoms with Gasteiger partial charge in [0.25, 0.3) is 5.91 Å². The zero-order chi connectivity index (χ0) is 15.6. The van der Waals surface area contributed by atoms with E-state index >= 15 is 0 Å². The van der Waals surface area contributed by atoms with Crippen molar-refractivity contribution in [3.8, 4) is 0 Å².